The number of thiophene rings is 1. The van der Waals surface area contributed by atoms with E-state index in [-0.39, 0.29) is 11.9 Å². The topological polar surface area (TPSA) is 21.3 Å². The number of ether oxygens (including phenoxy) is 1. The maximum absolute atomic E-state index is 14.1. The molecule has 1 N–H and O–H groups in total. The first-order valence-corrected chi connectivity index (χ1v) is 7.93. The molecule has 0 amide bonds. The molecule has 0 spiro atoms. The van der Waals surface area contributed by atoms with Crippen LogP contribution in [0.2, 0.25) is 0 Å². The van der Waals surface area contributed by atoms with Gasteiger partial charge in [-0.2, -0.15) is 0 Å². The molecule has 19 heavy (non-hydrogen) atoms. The highest BCUT2D eigenvalue weighted by atomic mass is 79.9. The summed E-state index contributed by atoms with van der Waals surface area (Å²) in [4.78, 5) is 1.00. The van der Waals surface area contributed by atoms with Gasteiger partial charge in [-0.25, -0.2) is 4.39 Å². The summed E-state index contributed by atoms with van der Waals surface area (Å²) in [7, 11) is 3.35. The zero-order valence-electron chi connectivity index (χ0n) is 10.3. The van der Waals surface area contributed by atoms with Gasteiger partial charge in [-0.15, -0.1) is 11.3 Å². The minimum atomic E-state index is -0.278. The summed E-state index contributed by atoms with van der Waals surface area (Å²) in [5.41, 5.74) is 0.522. The van der Waals surface area contributed by atoms with E-state index in [2.05, 4.69) is 37.2 Å². The van der Waals surface area contributed by atoms with E-state index in [4.69, 9.17) is 4.74 Å². The van der Waals surface area contributed by atoms with E-state index in [1.807, 2.05) is 6.07 Å². The Morgan fingerprint density at radius 3 is 2.63 bits per heavy atom. The van der Waals surface area contributed by atoms with Crippen molar-refractivity contribution in [2.75, 3.05) is 14.2 Å². The minimum Gasteiger partial charge on any atom is -0.496 e. The smallest absolute Gasteiger partial charge is 0.132 e. The fourth-order valence-electron chi connectivity index (χ4n) is 1.91. The van der Waals surface area contributed by atoms with Crippen molar-refractivity contribution in [3.8, 4) is 5.75 Å². The van der Waals surface area contributed by atoms with Crippen molar-refractivity contribution in [2.45, 2.75) is 6.04 Å². The van der Waals surface area contributed by atoms with Gasteiger partial charge in [0, 0.05) is 9.35 Å². The van der Waals surface area contributed by atoms with Gasteiger partial charge in [-0.05, 0) is 57.1 Å². The highest BCUT2D eigenvalue weighted by Gasteiger charge is 2.23. The molecule has 0 bridgehead atoms. The van der Waals surface area contributed by atoms with Crippen molar-refractivity contribution in [1.29, 1.82) is 0 Å². The van der Waals surface area contributed by atoms with E-state index in [1.165, 1.54) is 6.07 Å². The number of methoxy groups -OCH3 is 1. The largest absolute Gasteiger partial charge is 0.496 e. The summed E-state index contributed by atoms with van der Waals surface area (Å²) in [6.07, 6.45) is 0. The Bertz CT molecular complexity index is 569. The van der Waals surface area contributed by atoms with Crippen LogP contribution < -0.4 is 10.1 Å². The molecule has 0 aliphatic carbocycles. The predicted molar refractivity (Wildman–Crippen MR) is 83.6 cm³/mol. The second-order valence-corrected chi connectivity index (χ2v) is 7.10. The molecule has 1 aromatic heterocycles. The molecular formula is C13H12Br2FNOS. The molecule has 1 aromatic carbocycles. The summed E-state index contributed by atoms with van der Waals surface area (Å²) >= 11 is 8.46. The van der Waals surface area contributed by atoms with Crippen molar-refractivity contribution < 1.29 is 9.13 Å². The molecule has 0 fully saturated rings. The summed E-state index contributed by atoms with van der Waals surface area (Å²) in [6, 6.07) is 6.58. The van der Waals surface area contributed by atoms with Crippen molar-refractivity contribution in [3.63, 3.8) is 0 Å². The first kappa shape index (κ1) is 15.0. The number of benzene rings is 1. The van der Waals surface area contributed by atoms with Gasteiger partial charge in [0.1, 0.15) is 11.6 Å². The number of nitrogens with one attached hydrogen (secondary N) is 1. The van der Waals surface area contributed by atoms with E-state index in [0.717, 1.165) is 13.1 Å². The van der Waals surface area contributed by atoms with Gasteiger partial charge < -0.3 is 10.1 Å². The Balaban J connectivity index is 2.53. The Hall–Kier alpha value is -0.430. The normalized spacial score (nSPS) is 12.5. The molecule has 0 aliphatic rings. The average Bonchev–Trinajstić information content (AvgIpc) is 2.72. The van der Waals surface area contributed by atoms with Gasteiger partial charge in [0.05, 0.1) is 22.5 Å². The lowest BCUT2D eigenvalue weighted by molar-refractivity contribution is 0.399. The lowest BCUT2D eigenvalue weighted by Gasteiger charge is -2.18. The number of rotatable bonds is 4. The van der Waals surface area contributed by atoms with E-state index in [1.54, 1.807) is 37.6 Å². The van der Waals surface area contributed by atoms with Crippen LogP contribution in [0.15, 0.2) is 32.5 Å². The van der Waals surface area contributed by atoms with Crippen LogP contribution in [0, 0.1) is 5.82 Å². The quantitative estimate of drug-likeness (QED) is 0.789. The van der Waals surface area contributed by atoms with Crippen molar-refractivity contribution in [1.82, 2.24) is 5.32 Å². The third-order valence-electron chi connectivity index (χ3n) is 2.76. The predicted octanol–water partition coefficient (Wildman–Crippen LogP) is 4.73. The van der Waals surface area contributed by atoms with Crippen LogP contribution in [-0.4, -0.2) is 14.2 Å². The maximum atomic E-state index is 14.1. The zero-order chi connectivity index (χ0) is 14.0. The molecule has 0 radical (unpaired) electrons. The van der Waals surface area contributed by atoms with E-state index < -0.39 is 0 Å². The molecule has 0 aliphatic heterocycles. The molecule has 1 heterocycles. The average molecular weight is 409 g/mol. The summed E-state index contributed by atoms with van der Waals surface area (Å²) in [5, 5.41) is 3.14. The van der Waals surface area contributed by atoms with Crippen molar-refractivity contribution in [2.24, 2.45) is 0 Å². The van der Waals surface area contributed by atoms with Gasteiger partial charge in [0.25, 0.3) is 0 Å². The van der Waals surface area contributed by atoms with E-state index in [0.29, 0.717) is 11.3 Å². The molecule has 102 valence electrons. The number of hydrogen-bond donors (Lipinski definition) is 1. The molecule has 1 unspecified atom stereocenters. The fraction of sp³-hybridized carbons (Fsp3) is 0.231. The maximum Gasteiger partial charge on any atom is 0.132 e. The molecule has 1 atom stereocenters. The molecular weight excluding hydrogens is 397 g/mol. The van der Waals surface area contributed by atoms with E-state index in [9.17, 15) is 4.39 Å². The summed E-state index contributed by atoms with van der Waals surface area (Å²) in [5.74, 6) is 0.263. The molecule has 0 saturated heterocycles. The standard InChI is InChI=1S/C13H12Br2FNOS/c1-17-12(10-6-7(14)13(15)19-10)11-8(16)4-3-5-9(11)18-2/h3-6,12,17H,1-2H3. The van der Waals surface area contributed by atoms with Crippen molar-refractivity contribution in [3.05, 3.63) is 48.8 Å². The van der Waals surface area contributed by atoms with Crippen LogP contribution >= 0.6 is 43.2 Å². The molecule has 2 aromatic rings. The fourth-order valence-corrected chi connectivity index (χ4v) is 4.12. The highest BCUT2D eigenvalue weighted by Crippen LogP contribution is 2.40. The van der Waals surface area contributed by atoms with Crippen LogP contribution in [0.3, 0.4) is 0 Å². The highest BCUT2D eigenvalue weighted by molar-refractivity contribution is 9.13. The Labute approximate surface area is 132 Å². The minimum absolute atomic E-state index is 0.247. The summed E-state index contributed by atoms with van der Waals surface area (Å²) in [6.45, 7) is 0. The van der Waals surface area contributed by atoms with Gasteiger partial charge >= 0.3 is 0 Å². The Kier molecular flexibility index (Phi) is 5.00. The third kappa shape index (κ3) is 3.02. The van der Waals surface area contributed by atoms with Crippen LogP contribution in [0.1, 0.15) is 16.5 Å². The molecule has 2 rings (SSSR count). The Morgan fingerprint density at radius 2 is 2.11 bits per heavy atom. The van der Waals surface area contributed by atoms with Crippen LogP contribution in [0.5, 0.6) is 5.75 Å². The van der Waals surface area contributed by atoms with Crippen LogP contribution in [0.4, 0.5) is 4.39 Å². The molecule has 0 saturated carbocycles. The van der Waals surface area contributed by atoms with Gasteiger partial charge in [0.2, 0.25) is 0 Å². The van der Waals surface area contributed by atoms with Crippen LogP contribution in [0.25, 0.3) is 0 Å². The third-order valence-corrected chi connectivity index (χ3v) is 6.08. The zero-order valence-corrected chi connectivity index (χ0v) is 14.3. The van der Waals surface area contributed by atoms with Gasteiger partial charge in [-0.3, -0.25) is 0 Å². The van der Waals surface area contributed by atoms with Crippen LogP contribution in [-0.2, 0) is 0 Å². The SMILES string of the molecule is CNC(c1cc(Br)c(Br)s1)c1c(F)cccc1OC. The first-order chi connectivity index (χ1) is 9.08. The number of halogens is 3. The Morgan fingerprint density at radius 1 is 1.37 bits per heavy atom. The molecule has 6 heteroatoms. The van der Waals surface area contributed by atoms with E-state index >= 15 is 0 Å². The number of hydrogen-bond acceptors (Lipinski definition) is 3. The van der Waals surface area contributed by atoms with Gasteiger partial charge in [0.15, 0.2) is 0 Å². The second kappa shape index (κ2) is 6.35. The van der Waals surface area contributed by atoms with Gasteiger partial charge in [-0.1, -0.05) is 6.07 Å². The monoisotopic (exact) mass is 407 g/mol. The lowest BCUT2D eigenvalue weighted by Crippen LogP contribution is -2.18. The lowest BCUT2D eigenvalue weighted by atomic mass is 10.0. The molecule has 2 nitrogen and oxygen atoms in total. The first-order valence-electron chi connectivity index (χ1n) is 5.52. The van der Waals surface area contributed by atoms with Crippen molar-refractivity contribution >= 4 is 43.2 Å². The summed E-state index contributed by atoms with van der Waals surface area (Å²) < 4.78 is 21.3. The second-order valence-electron chi connectivity index (χ2n) is 3.85.